The molecule has 1 N–H and O–H groups in total. The van der Waals surface area contributed by atoms with Gasteiger partial charge in [-0.2, -0.15) is 14.9 Å². The summed E-state index contributed by atoms with van der Waals surface area (Å²) in [6.45, 7) is 0. The van der Waals surface area contributed by atoms with Crippen LogP contribution in [0.25, 0.3) is 11.4 Å². The Morgan fingerprint density at radius 3 is 2.64 bits per heavy atom. The van der Waals surface area contributed by atoms with Crippen LogP contribution in [-0.2, 0) is 0 Å². The van der Waals surface area contributed by atoms with Gasteiger partial charge in [-0.25, -0.2) is 5.10 Å². The predicted octanol–water partition coefficient (Wildman–Crippen LogP) is 4.91. The van der Waals surface area contributed by atoms with Crippen molar-refractivity contribution in [3.05, 3.63) is 68.4 Å². The van der Waals surface area contributed by atoms with Gasteiger partial charge in [-0.05, 0) is 42.0 Å². The third-order valence-corrected chi connectivity index (χ3v) is 4.08. The molecule has 0 spiro atoms. The minimum atomic E-state index is 0.406. The summed E-state index contributed by atoms with van der Waals surface area (Å²) in [5, 5.41) is 12.0. The number of benzene rings is 2. The van der Waals surface area contributed by atoms with Crippen LogP contribution in [0.15, 0.2) is 58.1 Å². The van der Waals surface area contributed by atoms with E-state index in [4.69, 9.17) is 23.8 Å². The predicted molar refractivity (Wildman–Crippen MR) is 95.0 cm³/mol. The summed E-state index contributed by atoms with van der Waals surface area (Å²) in [6.07, 6.45) is 1.72. The van der Waals surface area contributed by atoms with Crippen LogP contribution in [0.1, 0.15) is 5.56 Å². The van der Waals surface area contributed by atoms with E-state index in [-0.39, 0.29) is 0 Å². The number of aromatic amines is 1. The smallest absolute Gasteiger partial charge is 0.216 e. The summed E-state index contributed by atoms with van der Waals surface area (Å²) >= 11 is 14.9. The summed E-state index contributed by atoms with van der Waals surface area (Å²) in [4.78, 5) is 0. The van der Waals surface area contributed by atoms with Gasteiger partial charge in [0.2, 0.25) is 4.77 Å². The Morgan fingerprint density at radius 1 is 1.18 bits per heavy atom. The highest BCUT2D eigenvalue weighted by molar-refractivity contribution is 9.10. The molecule has 0 atom stereocenters. The summed E-state index contributed by atoms with van der Waals surface area (Å²) in [7, 11) is 0. The molecule has 0 aliphatic heterocycles. The Kier molecular flexibility index (Phi) is 4.52. The third kappa shape index (κ3) is 3.19. The molecule has 4 nitrogen and oxygen atoms in total. The van der Waals surface area contributed by atoms with Gasteiger partial charge in [-0.1, -0.05) is 51.8 Å². The number of hydrogen-bond acceptors (Lipinski definition) is 3. The van der Waals surface area contributed by atoms with E-state index in [9.17, 15) is 0 Å². The lowest BCUT2D eigenvalue weighted by Gasteiger charge is -2.03. The number of halogens is 2. The highest BCUT2D eigenvalue weighted by Crippen LogP contribution is 2.25. The molecule has 1 heterocycles. The molecule has 22 heavy (non-hydrogen) atoms. The average Bonchev–Trinajstić information content (AvgIpc) is 2.88. The van der Waals surface area contributed by atoms with E-state index in [2.05, 4.69) is 31.2 Å². The zero-order chi connectivity index (χ0) is 15.5. The number of nitrogens with one attached hydrogen (secondary N) is 1. The van der Waals surface area contributed by atoms with Crippen LogP contribution in [0.4, 0.5) is 0 Å². The van der Waals surface area contributed by atoms with E-state index in [1.807, 2.05) is 42.5 Å². The maximum Gasteiger partial charge on any atom is 0.216 e. The van der Waals surface area contributed by atoms with E-state index in [1.165, 1.54) is 0 Å². The van der Waals surface area contributed by atoms with Gasteiger partial charge in [0.1, 0.15) is 0 Å². The Morgan fingerprint density at radius 2 is 1.91 bits per heavy atom. The van der Waals surface area contributed by atoms with E-state index in [1.54, 1.807) is 17.0 Å². The maximum atomic E-state index is 6.22. The number of nitrogens with zero attached hydrogens (tertiary/aromatic N) is 3. The molecule has 3 rings (SSSR count). The highest BCUT2D eigenvalue weighted by atomic mass is 79.9. The Bertz CT molecular complexity index is 883. The van der Waals surface area contributed by atoms with Gasteiger partial charge in [-0.3, -0.25) is 0 Å². The van der Waals surface area contributed by atoms with Gasteiger partial charge in [0.05, 0.1) is 11.2 Å². The molecule has 0 aliphatic rings. The first kappa shape index (κ1) is 15.1. The van der Waals surface area contributed by atoms with Crippen molar-refractivity contribution in [3.63, 3.8) is 0 Å². The molecule has 3 aromatic rings. The van der Waals surface area contributed by atoms with Crippen molar-refractivity contribution in [2.45, 2.75) is 0 Å². The van der Waals surface area contributed by atoms with E-state index in [0.29, 0.717) is 15.6 Å². The molecule has 0 saturated heterocycles. The van der Waals surface area contributed by atoms with Crippen LogP contribution in [0.5, 0.6) is 0 Å². The zero-order valence-corrected chi connectivity index (χ0v) is 14.4. The minimum absolute atomic E-state index is 0.406. The number of hydrogen-bond donors (Lipinski definition) is 1. The second kappa shape index (κ2) is 6.56. The van der Waals surface area contributed by atoms with Crippen LogP contribution < -0.4 is 0 Å². The van der Waals surface area contributed by atoms with E-state index in [0.717, 1.165) is 15.6 Å². The molecule has 0 aliphatic carbocycles. The summed E-state index contributed by atoms with van der Waals surface area (Å²) < 4.78 is 2.98. The molecule has 0 amide bonds. The van der Waals surface area contributed by atoms with Crippen molar-refractivity contribution >= 4 is 46.0 Å². The van der Waals surface area contributed by atoms with Crippen LogP contribution in [0.2, 0.25) is 5.02 Å². The lowest BCUT2D eigenvalue weighted by atomic mass is 10.2. The van der Waals surface area contributed by atoms with Crippen LogP contribution in [0, 0.1) is 4.77 Å². The third-order valence-electron chi connectivity index (χ3n) is 2.96. The first-order valence-corrected chi connectivity index (χ1v) is 7.95. The standard InChI is InChI=1S/C15H10BrClN4S/c16-11-7-5-10(6-8-11)9-18-21-14(19-20-15(21)22)12-3-1-2-4-13(12)17/h1-9H,(H,20,22)/b18-9+. The number of aromatic nitrogens is 3. The largest absolute Gasteiger partial charge is 0.250 e. The van der Waals surface area contributed by atoms with Crippen molar-refractivity contribution in [2.24, 2.45) is 5.10 Å². The summed E-state index contributed by atoms with van der Waals surface area (Å²) in [6, 6.07) is 15.2. The second-order valence-corrected chi connectivity index (χ2v) is 6.15. The minimum Gasteiger partial charge on any atom is -0.250 e. The van der Waals surface area contributed by atoms with Gasteiger partial charge < -0.3 is 0 Å². The molecular weight excluding hydrogens is 384 g/mol. The fourth-order valence-electron chi connectivity index (χ4n) is 1.89. The van der Waals surface area contributed by atoms with Crippen molar-refractivity contribution in [1.29, 1.82) is 0 Å². The van der Waals surface area contributed by atoms with Crippen molar-refractivity contribution in [2.75, 3.05) is 0 Å². The quantitative estimate of drug-likeness (QED) is 0.508. The molecule has 0 saturated carbocycles. The zero-order valence-electron chi connectivity index (χ0n) is 11.2. The highest BCUT2D eigenvalue weighted by Gasteiger charge is 2.10. The second-order valence-electron chi connectivity index (χ2n) is 4.44. The Labute approximate surface area is 145 Å². The van der Waals surface area contributed by atoms with Gasteiger partial charge in [0.25, 0.3) is 0 Å². The first-order valence-electron chi connectivity index (χ1n) is 6.37. The molecule has 0 fully saturated rings. The molecular formula is C15H10BrClN4S. The van der Waals surface area contributed by atoms with Crippen molar-refractivity contribution < 1.29 is 0 Å². The summed E-state index contributed by atoms with van der Waals surface area (Å²) in [5.74, 6) is 0.573. The summed E-state index contributed by atoms with van der Waals surface area (Å²) in [5.41, 5.74) is 1.72. The first-order chi connectivity index (χ1) is 10.6. The van der Waals surface area contributed by atoms with Gasteiger partial charge in [0, 0.05) is 10.0 Å². The van der Waals surface area contributed by atoms with Crippen molar-refractivity contribution in [1.82, 2.24) is 14.9 Å². The topological polar surface area (TPSA) is 46.0 Å². The number of H-pyrrole nitrogens is 1. The van der Waals surface area contributed by atoms with Crippen molar-refractivity contribution in [3.8, 4) is 11.4 Å². The Balaban J connectivity index is 2.02. The maximum absolute atomic E-state index is 6.22. The molecule has 0 radical (unpaired) electrons. The lowest BCUT2D eigenvalue weighted by molar-refractivity contribution is 0.871. The molecule has 1 aromatic heterocycles. The molecule has 0 bridgehead atoms. The van der Waals surface area contributed by atoms with Gasteiger partial charge in [0.15, 0.2) is 5.82 Å². The fourth-order valence-corrected chi connectivity index (χ4v) is 2.55. The van der Waals surface area contributed by atoms with Crippen LogP contribution >= 0.6 is 39.7 Å². The number of rotatable bonds is 3. The molecule has 2 aromatic carbocycles. The lowest BCUT2D eigenvalue weighted by Crippen LogP contribution is -1.95. The fraction of sp³-hybridized carbons (Fsp3) is 0. The van der Waals surface area contributed by atoms with E-state index < -0.39 is 0 Å². The SMILES string of the molecule is S=c1[nH]nc(-c2ccccc2Cl)n1/N=C/c1ccc(Br)cc1. The molecule has 0 unspecified atom stereocenters. The molecule has 7 heteroatoms. The van der Waals surface area contributed by atoms with Crippen LogP contribution in [-0.4, -0.2) is 21.1 Å². The van der Waals surface area contributed by atoms with Crippen LogP contribution in [0.3, 0.4) is 0 Å². The van der Waals surface area contributed by atoms with E-state index >= 15 is 0 Å². The Hall–Kier alpha value is -1.76. The average molecular weight is 394 g/mol. The monoisotopic (exact) mass is 392 g/mol. The van der Waals surface area contributed by atoms with Gasteiger partial charge >= 0.3 is 0 Å². The molecule has 110 valence electrons. The normalized spacial score (nSPS) is 11.2. The van der Waals surface area contributed by atoms with Gasteiger partial charge in [-0.15, -0.1) is 0 Å².